The van der Waals surface area contributed by atoms with Gasteiger partial charge in [-0.15, -0.1) is 0 Å². The van der Waals surface area contributed by atoms with Gasteiger partial charge in [-0.25, -0.2) is 9.80 Å². The third kappa shape index (κ3) is 13.1. The van der Waals surface area contributed by atoms with Gasteiger partial charge in [0, 0.05) is 77.6 Å². The first kappa shape index (κ1) is 72.0. The molecule has 0 fully saturated rings. The summed E-state index contributed by atoms with van der Waals surface area (Å²) in [4.78, 5) is 68.1. The Labute approximate surface area is 615 Å². The van der Waals surface area contributed by atoms with Gasteiger partial charge in [0.05, 0.1) is 45.8 Å². The number of nitrogens with zero attached hydrogens (tertiary/aromatic N) is 6. The lowest BCUT2D eigenvalue weighted by Gasteiger charge is -2.34. The maximum atomic E-state index is 15.4. The third-order valence-electron chi connectivity index (χ3n) is 21.3. The monoisotopic (exact) mass is 1370 g/mol. The number of hydrogen-bond acceptors (Lipinski definition) is 8. The molecule has 0 saturated heterocycles. The Kier molecular flexibility index (Phi) is 17.4. The first-order valence-electron chi connectivity index (χ1n) is 36.7. The number of carbonyl (C=O) groups excluding carboxylic acids is 4. The van der Waals surface area contributed by atoms with Crippen molar-refractivity contribution in [1.29, 1.82) is 10.5 Å². The van der Waals surface area contributed by atoms with E-state index >= 15 is 19.2 Å². The summed E-state index contributed by atoms with van der Waals surface area (Å²) in [7, 11) is 0. The molecule has 2 heterocycles. The molecule has 2 aliphatic rings. The maximum absolute atomic E-state index is 15.4. The van der Waals surface area contributed by atoms with Crippen molar-refractivity contribution >= 4 is 112 Å². The summed E-state index contributed by atoms with van der Waals surface area (Å²) < 4.78 is 0. The number of imide groups is 2. The molecule has 0 aliphatic carbocycles. The van der Waals surface area contributed by atoms with Crippen LogP contribution >= 0.6 is 0 Å². The van der Waals surface area contributed by atoms with Gasteiger partial charge < -0.3 is 9.80 Å². The summed E-state index contributed by atoms with van der Waals surface area (Å²) in [6.07, 6.45) is 4.02. The van der Waals surface area contributed by atoms with E-state index in [0.717, 1.165) is 59.8 Å². The van der Waals surface area contributed by atoms with Crippen LogP contribution in [0.1, 0.15) is 239 Å². The van der Waals surface area contributed by atoms with Gasteiger partial charge in [0.15, 0.2) is 0 Å². The van der Waals surface area contributed by atoms with Crippen molar-refractivity contribution in [3.05, 3.63) is 238 Å². The quantitative estimate of drug-likeness (QED) is 0.0531. The second-order valence-corrected chi connectivity index (χ2v) is 37.0. The highest BCUT2D eigenvalue weighted by atomic mass is 16.2. The number of carbonyl (C=O) groups is 4. The number of benzene rings is 11. The van der Waals surface area contributed by atoms with E-state index in [0.29, 0.717) is 54.5 Å². The Morgan fingerprint density at radius 1 is 0.279 bits per heavy atom. The Morgan fingerprint density at radius 2 is 0.500 bits per heavy atom. The van der Waals surface area contributed by atoms with Crippen LogP contribution in [0, 0.1) is 44.3 Å². The fourth-order valence-corrected chi connectivity index (χ4v) is 18.5. The zero-order valence-electron chi connectivity index (χ0n) is 64.5. The molecule has 11 aromatic rings. The minimum Gasteiger partial charge on any atom is -0.311 e. The minimum atomic E-state index is -0.600. The fourth-order valence-electron chi connectivity index (χ4n) is 18.5. The summed E-state index contributed by atoms with van der Waals surface area (Å²) in [6.45, 7) is 45.7. The first-order chi connectivity index (χ1) is 48.6. The molecule has 0 saturated carbocycles. The van der Waals surface area contributed by atoms with Gasteiger partial charge in [-0.3, -0.25) is 19.2 Å². The van der Waals surface area contributed by atoms with Crippen LogP contribution in [0.4, 0.5) is 45.5 Å². The standard InChI is InChI=1S/C94H98N6O4/c1-87(2,3)53-91(13,14)59-21-29-63(30-22-59)97(64-31-23-60(24-32-64)92(15,16)54-88(4,5)6)67-37-41-69(42-38-67)99-83(101)73-47-45-71-78-58(52-96)50-76-80-74(48-46-72(82(78)80)77-57(51-95)49-75(85(99)103)79(73)81(71)77)84(102)100(86(76)104)70-43-39-68(40-44-70)98(65-33-25-61(26-34-65)93(17,18)55-89(7,8)9)66-35-27-62(28-36-66)94(19,20)56-90(10,11)12/h21-50H,53-56H2,1-20H3. The lowest BCUT2D eigenvalue weighted by atomic mass is 9.72. The van der Waals surface area contributed by atoms with Gasteiger partial charge >= 0.3 is 0 Å². The molecule has 0 unspecified atom stereocenters. The summed E-state index contributed by atoms with van der Waals surface area (Å²) in [5, 5.41) is 26.1. The normalized spacial score (nSPS) is 14.1. The van der Waals surface area contributed by atoms with E-state index in [-0.39, 0.29) is 76.7 Å². The molecule has 104 heavy (non-hydrogen) atoms. The van der Waals surface area contributed by atoms with Gasteiger partial charge in [-0.2, -0.15) is 10.5 Å². The zero-order chi connectivity index (χ0) is 75.1. The SMILES string of the molecule is CC(C)(C)CC(C)(C)c1ccc(N(c2ccc(N3C(=O)c4ccc5c6c(C#N)cc7c8c(ccc(c9c(C#N)cc(c4c59)C3=O)c86)C(=O)N(c3ccc(N(c4ccc(C(C)(C)CC(C)(C)C)cc4)c4ccc(C(C)(C)CC(C)(C)C)cc4)cc3)C7=O)cc2)c2ccc(C(C)(C)CC(C)(C)C)cc2)cc1. The Morgan fingerprint density at radius 3 is 0.721 bits per heavy atom. The van der Waals surface area contributed by atoms with E-state index in [2.05, 4.69) is 257 Å². The van der Waals surface area contributed by atoms with Crippen LogP contribution in [-0.4, -0.2) is 23.6 Å². The van der Waals surface area contributed by atoms with Crippen molar-refractivity contribution in [2.45, 2.75) is 186 Å². The van der Waals surface area contributed by atoms with Crippen molar-refractivity contribution < 1.29 is 19.2 Å². The van der Waals surface area contributed by atoms with Crippen LogP contribution in [0.5, 0.6) is 0 Å². The van der Waals surface area contributed by atoms with Crippen LogP contribution in [0.3, 0.4) is 0 Å². The second-order valence-electron chi connectivity index (χ2n) is 37.0. The van der Waals surface area contributed by atoms with E-state index in [1.807, 2.05) is 24.3 Å². The van der Waals surface area contributed by atoms with Crippen LogP contribution in [0.25, 0.3) is 43.1 Å². The molecule has 13 rings (SSSR count). The number of hydrogen-bond donors (Lipinski definition) is 0. The van der Waals surface area contributed by atoms with Crippen molar-refractivity contribution in [3.63, 3.8) is 0 Å². The average Bonchev–Trinajstić information content (AvgIpc) is 0.680. The van der Waals surface area contributed by atoms with Crippen molar-refractivity contribution in [1.82, 2.24) is 0 Å². The van der Waals surface area contributed by atoms with E-state index < -0.39 is 23.6 Å². The number of rotatable bonds is 16. The van der Waals surface area contributed by atoms with Crippen molar-refractivity contribution in [2.75, 3.05) is 19.6 Å². The minimum absolute atomic E-state index is 0.0703. The molecular formula is C94H98N6O4. The predicted molar refractivity (Wildman–Crippen MR) is 430 cm³/mol. The summed E-state index contributed by atoms with van der Waals surface area (Å²) in [5.41, 5.74) is 12.5. The van der Waals surface area contributed by atoms with Crippen LogP contribution in [-0.2, 0) is 21.7 Å². The van der Waals surface area contributed by atoms with E-state index in [4.69, 9.17) is 0 Å². The lowest BCUT2D eigenvalue weighted by Crippen LogP contribution is -2.40. The molecule has 0 atom stereocenters. The van der Waals surface area contributed by atoms with Crippen molar-refractivity contribution in [3.8, 4) is 12.1 Å². The van der Waals surface area contributed by atoms with E-state index in [1.165, 1.54) is 32.1 Å². The third-order valence-corrected chi connectivity index (χ3v) is 21.3. The van der Waals surface area contributed by atoms with E-state index in [9.17, 15) is 10.5 Å². The number of amides is 4. The smallest absolute Gasteiger partial charge is 0.266 e. The first-order valence-corrected chi connectivity index (χ1v) is 36.7. The summed E-state index contributed by atoms with van der Waals surface area (Å²) in [5.74, 6) is -2.28. The lowest BCUT2D eigenvalue weighted by molar-refractivity contribution is 0.0877. The van der Waals surface area contributed by atoms with Gasteiger partial charge in [0.1, 0.15) is 0 Å². The van der Waals surface area contributed by atoms with Crippen LogP contribution in [0.2, 0.25) is 0 Å². The molecule has 0 bridgehead atoms. The van der Waals surface area contributed by atoms with E-state index in [1.54, 1.807) is 60.7 Å². The molecule has 0 N–H and O–H groups in total. The van der Waals surface area contributed by atoms with Gasteiger partial charge in [0.25, 0.3) is 23.6 Å². The molecule has 0 spiro atoms. The fraction of sp³-hybridized carbons (Fsp3) is 0.340. The maximum Gasteiger partial charge on any atom is 0.266 e. The van der Waals surface area contributed by atoms with Gasteiger partial charge in [-0.05, 0) is 223 Å². The molecule has 0 radical (unpaired) electrons. The number of anilines is 8. The molecule has 10 heteroatoms. The molecule has 11 aromatic carbocycles. The molecule has 2 aliphatic heterocycles. The molecule has 528 valence electrons. The molecule has 0 aromatic heterocycles. The molecule has 4 amide bonds. The highest BCUT2D eigenvalue weighted by molar-refractivity contribution is 6.46. The molecule has 10 nitrogen and oxygen atoms in total. The average molecular weight is 1380 g/mol. The number of fused-ring (bicyclic) bond motifs is 2. The second kappa shape index (κ2) is 25.2. The van der Waals surface area contributed by atoms with Gasteiger partial charge in [-0.1, -0.05) is 199 Å². The zero-order valence-corrected chi connectivity index (χ0v) is 64.5. The highest BCUT2D eigenvalue weighted by Gasteiger charge is 2.41. The van der Waals surface area contributed by atoms with Gasteiger partial charge in [0.2, 0.25) is 0 Å². The van der Waals surface area contributed by atoms with Crippen molar-refractivity contribution in [2.24, 2.45) is 21.7 Å². The largest absolute Gasteiger partial charge is 0.311 e. The Bertz CT molecular complexity index is 4880. The van der Waals surface area contributed by atoms with Crippen LogP contribution < -0.4 is 19.6 Å². The Balaban J connectivity index is 0.854. The molecular weight excluding hydrogens is 1280 g/mol. The predicted octanol–water partition coefficient (Wildman–Crippen LogP) is 24.9. The topological polar surface area (TPSA) is 129 Å². The van der Waals surface area contributed by atoms with Crippen LogP contribution in [0.15, 0.2) is 182 Å². The Hall–Kier alpha value is -10.4. The highest BCUT2D eigenvalue weighted by Crippen LogP contribution is 2.51. The number of nitriles is 2. The summed E-state index contributed by atoms with van der Waals surface area (Å²) in [6, 6.07) is 64.9. The summed E-state index contributed by atoms with van der Waals surface area (Å²) >= 11 is 0.